The van der Waals surface area contributed by atoms with Crippen LogP contribution < -0.4 is 5.32 Å². The van der Waals surface area contributed by atoms with E-state index in [4.69, 9.17) is 5.11 Å². The van der Waals surface area contributed by atoms with Gasteiger partial charge in [-0.25, -0.2) is 4.79 Å². The first-order chi connectivity index (χ1) is 9.97. The molecule has 1 aromatic carbocycles. The maximum Gasteiger partial charge on any atom is 0.326 e. The van der Waals surface area contributed by atoms with Gasteiger partial charge in [-0.2, -0.15) is 0 Å². The molecule has 1 rings (SSSR count). The summed E-state index contributed by atoms with van der Waals surface area (Å²) in [5.41, 5.74) is 1.72. The van der Waals surface area contributed by atoms with Crippen LogP contribution in [0.25, 0.3) is 0 Å². The molecule has 0 spiro atoms. The summed E-state index contributed by atoms with van der Waals surface area (Å²) in [7, 11) is 0. The maximum absolute atomic E-state index is 11.9. The number of ketones is 1. The second kappa shape index (κ2) is 8.19. The Morgan fingerprint density at radius 2 is 1.71 bits per heavy atom. The molecule has 21 heavy (non-hydrogen) atoms. The minimum absolute atomic E-state index is 0.00184. The van der Waals surface area contributed by atoms with E-state index in [9.17, 15) is 14.4 Å². The first-order valence-electron chi connectivity index (χ1n) is 7.12. The average molecular weight is 291 g/mol. The van der Waals surface area contributed by atoms with Gasteiger partial charge in [0.25, 0.3) is 0 Å². The van der Waals surface area contributed by atoms with Crippen LogP contribution in [0.4, 0.5) is 0 Å². The van der Waals surface area contributed by atoms with Crippen molar-refractivity contribution in [1.82, 2.24) is 5.32 Å². The summed E-state index contributed by atoms with van der Waals surface area (Å²) in [6, 6.07) is 6.41. The fourth-order valence-corrected chi connectivity index (χ4v) is 1.90. The molecule has 1 aromatic rings. The predicted octanol–water partition coefficient (Wildman–Crippen LogP) is 2.19. The van der Waals surface area contributed by atoms with E-state index in [1.807, 2.05) is 19.1 Å². The summed E-state index contributed by atoms with van der Waals surface area (Å²) in [4.78, 5) is 34.4. The summed E-state index contributed by atoms with van der Waals surface area (Å²) in [5, 5.41) is 11.2. The van der Waals surface area contributed by atoms with Gasteiger partial charge in [0.05, 0.1) is 0 Å². The largest absolute Gasteiger partial charge is 0.480 e. The predicted molar refractivity (Wildman–Crippen MR) is 79.2 cm³/mol. The molecule has 5 heteroatoms. The lowest BCUT2D eigenvalue weighted by Crippen LogP contribution is -2.40. The second-order valence-corrected chi connectivity index (χ2v) is 4.84. The van der Waals surface area contributed by atoms with Gasteiger partial charge >= 0.3 is 5.97 Å². The highest BCUT2D eigenvalue weighted by Crippen LogP contribution is 2.09. The Morgan fingerprint density at radius 1 is 1.10 bits per heavy atom. The van der Waals surface area contributed by atoms with Gasteiger partial charge in [-0.05, 0) is 18.4 Å². The third-order valence-electron chi connectivity index (χ3n) is 3.30. The lowest BCUT2D eigenvalue weighted by Gasteiger charge is -2.11. The number of aliphatic carboxylic acids is 1. The number of Topliss-reactive ketones (excluding diaryl/α,β-unsaturated/α-hetero) is 1. The van der Waals surface area contributed by atoms with Crippen molar-refractivity contribution in [2.75, 3.05) is 0 Å². The normalized spacial score (nSPS) is 11.7. The standard InChI is InChI=1S/C16H21NO4/c1-3-11-5-7-12(8-6-11)14(18)9-10-15(19)17-13(4-2)16(20)21/h5-8,13H,3-4,9-10H2,1-2H3,(H,17,19)(H,20,21). The van der Waals surface area contributed by atoms with Crippen molar-refractivity contribution in [2.45, 2.75) is 45.6 Å². The Balaban J connectivity index is 2.48. The number of hydrogen-bond acceptors (Lipinski definition) is 3. The highest BCUT2D eigenvalue weighted by molar-refractivity contribution is 5.98. The van der Waals surface area contributed by atoms with Crippen molar-refractivity contribution in [2.24, 2.45) is 0 Å². The van der Waals surface area contributed by atoms with Gasteiger partial charge in [0, 0.05) is 18.4 Å². The minimum Gasteiger partial charge on any atom is -0.480 e. The summed E-state index contributed by atoms with van der Waals surface area (Å²) in [5.74, 6) is -1.59. The first-order valence-corrected chi connectivity index (χ1v) is 7.12. The number of amides is 1. The Kier molecular flexibility index (Phi) is 6.59. The Morgan fingerprint density at radius 3 is 2.19 bits per heavy atom. The molecule has 0 bridgehead atoms. The molecule has 1 atom stereocenters. The Labute approximate surface area is 124 Å². The number of rotatable bonds is 8. The smallest absolute Gasteiger partial charge is 0.326 e. The van der Waals surface area contributed by atoms with Crippen LogP contribution in [0.2, 0.25) is 0 Å². The molecule has 0 saturated heterocycles. The van der Waals surface area contributed by atoms with Crippen molar-refractivity contribution in [3.8, 4) is 0 Å². The van der Waals surface area contributed by atoms with Crippen LogP contribution in [-0.4, -0.2) is 28.8 Å². The van der Waals surface area contributed by atoms with Gasteiger partial charge < -0.3 is 10.4 Å². The van der Waals surface area contributed by atoms with Crippen LogP contribution in [0.5, 0.6) is 0 Å². The van der Waals surface area contributed by atoms with Crippen molar-refractivity contribution in [3.63, 3.8) is 0 Å². The van der Waals surface area contributed by atoms with Gasteiger partial charge in [0.1, 0.15) is 6.04 Å². The molecule has 0 radical (unpaired) electrons. The monoisotopic (exact) mass is 291 g/mol. The fraction of sp³-hybridized carbons (Fsp3) is 0.438. The third-order valence-corrected chi connectivity index (χ3v) is 3.30. The number of hydrogen-bond donors (Lipinski definition) is 2. The maximum atomic E-state index is 11.9. The quantitative estimate of drug-likeness (QED) is 0.719. The number of carbonyl (C=O) groups is 3. The van der Waals surface area contributed by atoms with Crippen LogP contribution in [0.3, 0.4) is 0 Å². The van der Waals surface area contributed by atoms with Crippen LogP contribution in [0, 0.1) is 0 Å². The van der Waals surface area contributed by atoms with Gasteiger partial charge in [-0.1, -0.05) is 38.1 Å². The topological polar surface area (TPSA) is 83.5 Å². The van der Waals surface area contributed by atoms with Gasteiger partial charge in [-0.3, -0.25) is 9.59 Å². The molecule has 5 nitrogen and oxygen atoms in total. The number of carboxylic acids is 1. The van der Waals surface area contributed by atoms with E-state index < -0.39 is 17.9 Å². The zero-order valence-corrected chi connectivity index (χ0v) is 12.4. The lowest BCUT2D eigenvalue weighted by molar-refractivity contribution is -0.141. The fourth-order valence-electron chi connectivity index (χ4n) is 1.90. The SMILES string of the molecule is CCc1ccc(C(=O)CCC(=O)NC(CC)C(=O)O)cc1. The number of carboxylic acid groups (broad SMARTS) is 1. The summed E-state index contributed by atoms with van der Waals surface area (Å²) >= 11 is 0. The Bertz CT molecular complexity index is 508. The summed E-state index contributed by atoms with van der Waals surface area (Å²) < 4.78 is 0. The summed E-state index contributed by atoms with van der Waals surface area (Å²) in [6.45, 7) is 3.72. The molecule has 0 aliphatic rings. The highest BCUT2D eigenvalue weighted by atomic mass is 16.4. The lowest BCUT2D eigenvalue weighted by atomic mass is 10.0. The van der Waals surface area contributed by atoms with E-state index >= 15 is 0 Å². The molecule has 0 saturated carbocycles. The molecule has 1 unspecified atom stereocenters. The van der Waals surface area contributed by atoms with Gasteiger partial charge in [0.2, 0.25) is 5.91 Å². The number of carbonyl (C=O) groups excluding carboxylic acids is 2. The van der Waals surface area contributed by atoms with Crippen molar-refractivity contribution in [3.05, 3.63) is 35.4 Å². The molecular formula is C16H21NO4. The van der Waals surface area contributed by atoms with E-state index in [0.29, 0.717) is 12.0 Å². The van der Waals surface area contributed by atoms with Crippen LogP contribution >= 0.6 is 0 Å². The summed E-state index contributed by atoms with van der Waals surface area (Å²) in [6.07, 6.45) is 1.30. The zero-order chi connectivity index (χ0) is 15.8. The van der Waals surface area contributed by atoms with Gasteiger partial charge in [-0.15, -0.1) is 0 Å². The second-order valence-electron chi connectivity index (χ2n) is 4.84. The molecule has 2 N–H and O–H groups in total. The third kappa shape index (κ3) is 5.38. The van der Waals surface area contributed by atoms with Crippen molar-refractivity contribution in [1.29, 1.82) is 0 Å². The molecule has 1 amide bonds. The molecule has 0 fully saturated rings. The van der Waals surface area contributed by atoms with E-state index in [1.54, 1.807) is 19.1 Å². The molecule has 0 aromatic heterocycles. The molecular weight excluding hydrogens is 270 g/mol. The zero-order valence-electron chi connectivity index (χ0n) is 12.4. The minimum atomic E-state index is -1.06. The van der Waals surface area contributed by atoms with E-state index in [1.165, 1.54) is 0 Å². The van der Waals surface area contributed by atoms with E-state index in [0.717, 1.165) is 12.0 Å². The number of aryl methyl sites for hydroxylation is 1. The van der Waals surface area contributed by atoms with Crippen molar-refractivity contribution < 1.29 is 19.5 Å². The van der Waals surface area contributed by atoms with Gasteiger partial charge in [0.15, 0.2) is 5.78 Å². The number of benzene rings is 1. The van der Waals surface area contributed by atoms with Crippen LogP contribution in [0.15, 0.2) is 24.3 Å². The van der Waals surface area contributed by atoms with Crippen LogP contribution in [-0.2, 0) is 16.0 Å². The first kappa shape index (κ1) is 16.9. The Hall–Kier alpha value is -2.17. The molecule has 0 aliphatic carbocycles. The van der Waals surface area contributed by atoms with Crippen molar-refractivity contribution >= 4 is 17.7 Å². The highest BCUT2D eigenvalue weighted by Gasteiger charge is 2.18. The number of nitrogens with one attached hydrogen (secondary N) is 1. The average Bonchev–Trinajstić information content (AvgIpc) is 2.49. The van der Waals surface area contributed by atoms with Crippen LogP contribution in [0.1, 0.15) is 49.0 Å². The molecule has 114 valence electrons. The van der Waals surface area contributed by atoms with E-state index in [-0.39, 0.29) is 18.6 Å². The van der Waals surface area contributed by atoms with E-state index in [2.05, 4.69) is 5.32 Å². The molecule has 0 heterocycles. The molecule has 0 aliphatic heterocycles.